The average molecular weight is 497 g/mol. The smallest absolute Gasteiger partial charge is 0.268 e. The number of rotatable bonds is 10. The van der Waals surface area contributed by atoms with Crippen LogP contribution in [0.1, 0.15) is 35.6 Å². The summed E-state index contributed by atoms with van der Waals surface area (Å²) in [6, 6.07) is 21.4. The van der Waals surface area contributed by atoms with Gasteiger partial charge in [0.2, 0.25) is 0 Å². The molecule has 3 aromatic rings. The summed E-state index contributed by atoms with van der Waals surface area (Å²) in [6.07, 6.45) is 3.11. The lowest BCUT2D eigenvalue weighted by Gasteiger charge is -2.17. The fourth-order valence-corrected chi connectivity index (χ4v) is 4.45. The molecule has 1 heterocycles. The minimum absolute atomic E-state index is 0.0801. The molecule has 0 bridgehead atoms. The van der Waals surface area contributed by atoms with Crippen molar-refractivity contribution in [2.45, 2.75) is 33.6 Å². The molecular weight excluding hydrogens is 464 g/mol. The average Bonchev–Trinajstić information content (AvgIpc) is 3.33. The molecule has 1 amide bonds. The monoisotopic (exact) mass is 496 g/mol. The van der Waals surface area contributed by atoms with Crippen LogP contribution in [0, 0.1) is 25.2 Å². The molecule has 0 saturated heterocycles. The maximum Gasteiger partial charge on any atom is 0.268 e. The van der Waals surface area contributed by atoms with Crippen LogP contribution < -0.4 is 19.1 Å². The van der Waals surface area contributed by atoms with Gasteiger partial charge in [0, 0.05) is 18.7 Å². The number of hydrogen-bond acceptors (Lipinski definition) is 5. The Morgan fingerprint density at radius 2 is 1.73 bits per heavy atom. The molecule has 0 N–H and O–H groups in total. The summed E-state index contributed by atoms with van der Waals surface area (Å²) in [7, 11) is 0. The first kappa shape index (κ1) is 25.8. The van der Waals surface area contributed by atoms with E-state index in [1.54, 1.807) is 17.0 Å². The Morgan fingerprint density at radius 1 is 0.973 bits per heavy atom. The molecule has 3 aromatic carbocycles. The van der Waals surface area contributed by atoms with Gasteiger partial charge in [-0.05, 0) is 73.7 Å². The molecule has 0 radical (unpaired) electrons. The highest BCUT2D eigenvalue weighted by molar-refractivity contribution is 6.12. The van der Waals surface area contributed by atoms with Gasteiger partial charge in [-0.3, -0.25) is 4.79 Å². The van der Waals surface area contributed by atoms with Gasteiger partial charge in [0.1, 0.15) is 17.4 Å². The molecule has 0 aliphatic carbocycles. The third-order valence-corrected chi connectivity index (χ3v) is 6.26. The second-order valence-electron chi connectivity index (χ2n) is 8.92. The molecular formula is C31H32N2O4. The summed E-state index contributed by atoms with van der Waals surface area (Å²) in [5.74, 6) is 1.82. The Labute approximate surface area is 218 Å². The molecule has 0 atom stereocenters. The molecule has 6 nitrogen and oxygen atoms in total. The van der Waals surface area contributed by atoms with Crippen LogP contribution in [-0.4, -0.2) is 32.3 Å². The molecule has 0 saturated carbocycles. The molecule has 4 rings (SSSR count). The maximum absolute atomic E-state index is 13.1. The Morgan fingerprint density at radius 3 is 2.49 bits per heavy atom. The van der Waals surface area contributed by atoms with Crippen LogP contribution in [0.5, 0.6) is 17.2 Å². The van der Waals surface area contributed by atoms with E-state index in [2.05, 4.69) is 6.07 Å². The zero-order chi connectivity index (χ0) is 26.2. The summed E-state index contributed by atoms with van der Waals surface area (Å²) < 4.78 is 17.7. The van der Waals surface area contributed by atoms with E-state index in [9.17, 15) is 10.1 Å². The topological polar surface area (TPSA) is 71.8 Å². The van der Waals surface area contributed by atoms with Gasteiger partial charge in [-0.1, -0.05) is 42.5 Å². The second-order valence-corrected chi connectivity index (χ2v) is 8.92. The van der Waals surface area contributed by atoms with Gasteiger partial charge in [0.25, 0.3) is 5.91 Å². The number of carbonyl (C=O) groups excluding carboxylic acids is 1. The van der Waals surface area contributed by atoms with Crippen LogP contribution in [0.4, 0.5) is 5.69 Å². The number of ether oxygens (including phenoxy) is 3. The first-order valence-corrected chi connectivity index (χ1v) is 12.6. The lowest BCUT2D eigenvalue weighted by atomic mass is 10.1. The SMILES string of the molecule is CCOc1cc(/C=C(\C#N)C(=O)N2CCc3ccccc32)ccc1OCCCOc1c(C)cccc1C. The van der Waals surface area contributed by atoms with Crippen molar-refractivity contribution in [3.05, 3.63) is 88.5 Å². The largest absolute Gasteiger partial charge is 0.493 e. The predicted molar refractivity (Wildman–Crippen MR) is 145 cm³/mol. The lowest BCUT2D eigenvalue weighted by Crippen LogP contribution is -2.29. The summed E-state index contributed by atoms with van der Waals surface area (Å²) in [5, 5.41) is 9.74. The molecule has 0 unspecified atom stereocenters. The highest BCUT2D eigenvalue weighted by atomic mass is 16.5. The third kappa shape index (κ3) is 6.13. The Balaban J connectivity index is 1.41. The van der Waals surface area contributed by atoms with E-state index in [0.717, 1.165) is 34.5 Å². The summed E-state index contributed by atoms with van der Waals surface area (Å²) >= 11 is 0. The van der Waals surface area contributed by atoms with E-state index in [0.29, 0.717) is 49.8 Å². The molecule has 37 heavy (non-hydrogen) atoms. The number of nitriles is 1. The van der Waals surface area contributed by atoms with Gasteiger partial charge >= 0.3 is 0 Å². The van der Waals surface area contributed by atoms with Crippen molar-refractivity contribution in [2.75, 3.05) is 31.3 Å². The van der Waals surface area contributed by atoms with Gasteiger partial charge in [-0.2, -0.15) is 5.26 Å². The van der Waals surface area contributed by atoms with E-state index in [4.69, 9.17) is 14.2 Å². The Hall–Kier alpha value is -4.24. The molecule has 1 aliphatic heterocycles. The van der Waals surface area contributed by atoms with Crippen LogP contribution in [0.3, 0.4) is 0 Å². The fourth-order valence-electron chi connectivity index (χ4n) is 4.45. The number of para-hydroxylation sites is 2. The normalized spacial score (nSPS) is 12.6. The third-order valence-electron chi connectivity index (χ3n) is 6.26. The molecule has 1 aliphatic rings. The van der Waals surface area contributed by atoms with Crippen molar-refractivity contribution in [1.29, 1.82) is 5.26 Å². The van der Waals surface area contributed by atoms with Gasteiger partial charge in [-0.15, -0.1) is 0 Å². The maximum atomic E-state index is 13.1. The van der Waals surface area contributed by atoms with Crippen molar-refractivity contribution in [3.8, 4) is 23.3 Å². The minimum Gasteiger partial charge on any atom is -0.493 e. The second kappa shape index (κ2) is 12.1. The van der Waals surface area contributed by atoms with Crippen molar-refractivity contribution < 1.29 is 19.0 Å². The number of hydrogen-bond donors (Lipinski definition) is 0. The number of nitrogens with zero attached hydrogens (tertiary/aromatic N) is 2. The van der Waals surface area contributed by atoms with Crippen molar-refractivity contribution in [1.82, 2.24) is 0 Å². The highest BCUT2D eigenvalue weighted by Crippen LogP contribution is 2.31. The molecule has 0 spiro atoms. The molecule has 190 valence electrons. The summed E-state index contributed by atoms with van der Waals surface area (Å²) in [6.45, 7) is 8.03. The molecule has 0 fully saturated rings. The van der Waals surface area contributed by atoms with Crippen LogP contribution in [0.2, 0.25) is 0 Å². The molecule has 0 aromatic heterocycles. The van der Waals surface area contributed by atoms with Crippen LogP contribution in [0.15, 0.2) is 66.2 Å². The summed E-state index contributed by atoms with van der Waals surface area (Å²) in [4.78, 5) is 14.8. The zero-order valence-corrected chi connectivity index (χ0v) is 21.6. The van der Waals surface area contributed by atoms with Crippen molar-refractivity contribution in [3.63, 3.8) is 0 Å². The van der Waals surface area contributed by atoms with E-state index in [1.807, 2.05) is 75.4 Å². The predicted octanol–water partition coefficient (Wildman–Crippen LogP) is 6.05. The van der Waals surface area contributed by atoms with Gasteiger partial charge in [0.15, 0.2) is 11.5 Å². The van der Waals surface area contributed by atoms with E-state index in [1.165, 1.54) is 0 Å². The van der Waals surface area contributed by atoms with Crippen molar-refractivity contribution >= 4 is 17.7 Å². The van der Waals surface area contributed by atoms with Crippen LogP contribution in [0.25, 0.3) is 6.08 Å². The zero-order valence-electron chi connectivity index (χ0n) is 21.6. The number of benzene rings is 3. The fraction of sp³-hybridized carbons (Fsp3) is 0.290. The number of anilines is 1. The van der Waals surface area contributed by atoms with Crippen LogP contribution >= 0.6 is 0 Å². The molecule has 6 heteroatoms. The number of amides is 1. The van der Waals surface area contributed by atoms with Crippen molar-refractivity contribution in [2.24, 2.45) is 0 Å². The first-order chi connectivity index (χ1) is 18.0. The van der Waals surface area contributed by atoms with E-state index >= 15 is 0 Å². The minimum atomic E-state index is -0.297. The number of carbonyl (C=O) groups is 1. The number of aryl methyl sites for hydroxylation is 2. The van der Waals surface area contributed by atoms with Gasteiger partial charge in [0.05, 0.1) is 19.8 Å². The Kier molecular flexibility index (Phi) is 8.48. The van der Waals surface area contributed by atoms with Gasteiger partial charge < -0.3 is 19.1 Å². The summed E-state index contributed by atoms with van der Waals surface area (Å²) in [5.41, 5.74) is 5.00. The standard InChI is InChI=1S/C31H32N2O4/c1-4-35-29-20-24(19-26(21-32)31(34)33-16-15-25-11-5-6-12-27(25)33)13-14-28(29)36-17-8-18-37-30-22(2)9-7-10-23(30)3/h5-7,9-14,19-20H,4,8,15-18H2,1-3H3/b26-19+. The lowest BCUT2D eigenvalue weighted by molar-refractivity contribution is -0.114. The highest BCUT2D eigenvalue weighted by Gasteiger charge is 2.26. The van der Waals surface area contributed by atoms with Crippen LogP contribution in [-0.2, 0) is 11.2 Å². The Bertz CT molecular complexity index is 1320. The quantitative estimate of drug-likeness (QED) is 0.194. The van der Waals surface area contributed by atoms with E-state index < -0.39 is 0 Å². The van der Waals surface area contributed by atoms with Gasteiger partial charge in [-0.25, -0.2) is 0 Å². The number of fused-ring (bicyclic) bond motifs is 1. The van der Waals surface area contributed by atoms with E-state index in [-0.39, 0.29) is 11.5 Å². The first-order valence-electron chi connectivity index (χ1n) is 12.6.